The topological polar surface area (TPSA) is 48.4 Å². The Morgan fingerprint density at radius 3 is 2.62 bits per heavy atom. The summed E-state index contributed by atoms with van der Waals surface area (Å²) in [5.41, 5.74) is 2.17. The Bertz CT molecular complexity index is 632. The van der Waals surface area contributed by atoms with E-state index in [2.05, 4.69) is 62.1 Å². The van der Waals surface area contributed by atoms with E-state index < -0.39 is 6.10 Å². The summed E-state index contributed by atoms with van der Waals surface area (Å²) in [6.07, 6.45) is 5.47. The van der Waals surface area contributed by atoms with Crippen molar-refractivity contribution >= 4 is 22.6 Å². The first-order valence-electron chi connectivity index (χ1n) is 8.50. The SMILES string of the molecule is O[C@H](c1ccncc1)[C@H](CN1CCCC1)NCc1cccc(I)c1. The Balaban J connectivity index is 1.68. The zero-order chi connectivity index (χ0) is 16.8. The van der Waals surface area contributed by atoms with Crippen molar-refractivity contribution < 1.29 is 5.11 Å². The first-order valence-corrected chi connectivity index (χ1v) is 9.58. The van der Waals surface area contributed by atoms with Gasteiger partial charge in [0.15, 0.2) is 0 Å². The number of likely N-dealkylation sites (tertiary alicyclic amines) is 1. The molecule has 1 aliphatic rings. The van der Waals surface area contributed by atoms with Crippen LogP contribution >= 0.6 is 22.6 Å². The standard InChI is InChI=1S/C19H24IN3O/c20-17-5-3-4-15(12-17)13-22-18(14-23-10-1-2-11-23)19(24)16-6-8-21-9-7-16/h3-9,12,18-19,22,24H,1-2,10-11,13-14H2/t18-,19+/m0/s1. The maximum absolute atomic E-state index is 10.9. The van der Waals surface area contributed by atoms with Crippen LogP contribution in [0.4, 0.5) is 0 Å². The van der Waals surface area contributed by atoms with Crippen molar-refractivity contribution in [3.63, 3.8) is 0 Å². The van der Waals surface area contributed by atoms with E-state index in [0.29, 0.717) is 0 Å². The third kappa shape index (κ3) is 4.99. The van der Waals surface area contributed by atoms with Crippen molar-refractivity contribution in [1.29, 1.82) is 0 Å². The second kappa shape index (κ2) is 8.89. The number of rotatable bonds is 7. The normalized spacial score (nSPS) is 17.8. The van der Waals surface area contributed by atoms with Crippen LogP contribution in [0.3, 0.4) is 0 Å². The van der Waals surface area contributed by atoms with Crippen molar-refractivity contribution in [3.05, 3.63) is 63.5 Å². The van der Waals surface area contributed by atoms with Crippen LogP contribution in [-0.4, -0.2) is 40.7 Å². The molecule has 2 heterocycles. The van der Waals surface area contributed by atoms with Crippen molar-refractivity contribution in [3.8, 4) is 0 Å². The third-order valence-electron chi connectivity index (χ3n) is 4.54. The van der Waals surface area contributed by atoms with Gasteiger partial charge >= 0.3 is 0 Å². The maximum Gasteiger partial charge on any atom is 0.0956 e. The second-order valence-corrected chi connectivity index (χ2v) is 7.60. The summed E-state index contributed by atoms with van der Waals surface area (Å²) in [7, 11) is 0. The van der Waals surface area contributed by atoms with Gasteiger partial charge in [-0.15, -0.1) is 0 Å². The minimum absolute atomic E-state index is 0.00312. The molecule has 128 valence electrons. The number of nitrogens with zero attached hydrogens (tertiary/aromatic N) is 2. The van der Waals surface area contributed by atoms with Crippen molar-refractivity contribution in [1.82, 2.24) is 15.2 Å². The van der Waals surface area contributed by atoms with E-state index in [1.165, 1.54) is 22.0 Å². The molecule has 2 aromatic rings. The van der Waals surface area contributed by atoms with Crippen LogP contribution < -0.4 is 5.32 Å². The van der Waals surface area contributed by atoms with Crippen LogP contribution in [0.1, 0.15) is 30.1 Å². The molecule has 0 aliphatic carbocycles. The molecule has 1 saturated heterocycles. The largest absolute Gasteiger partial charge is 0.387 e. The molecule has 0 saturated carbocycles. The lowest BCUT2D eigenvalue weighted by Crippen LogP contribution is -2.43. The Labute approximate surface area is 157 Å². The summed E-state index contributed by atoms with van der Waals surface area (Å²) in [6, 6.07) is 12.3. The van der Waals surface area contributed by atoms with Gasteiger partial charge in [-0.1, -0.05) is 12.1 Å². The van der Waals surface area contributed by atoms with Gasteiger partial charge in [-0.25, -0.2) is 0 Å². The van der Waals surface area contributed by atoms with E-state index in [4.69, 9.17) is 0 Å². The highest BCUT2D eigenvalue weighted by atomic mass is 127. The molecule has 1 aromatic carbocycles. The van der Waals surface area contributed by atoms with Crippen LogP contribution in [0, 0.1) is 3.57 Å². The van der Waals surface area contributed by atoms with Gasteiger partial charge in [-0.2, -0.15) is 0 Å². The van der Waals surface area contributed by atoms with Gasteiger partial charge in [0.2, 0.25) is 0 Å². The molecule has 1 aliphatic heterocycles. The van der Waals surface area contributed by atoms with E-state index in [0.717, 1.165) is 31.7 Å². The summed E-state index contributed by atoms with van der Waals surface area (Å²) >= 11 is 2.33. The highest BCUT2D eigenvalue weighted by Crippen LogP contribution is 2.19. The Kier molecular flexibility index (Phi) is 6.59. The molecular weight excluding hydrogens is 413 g/mol. The molecule has 5 heteroatoms. The number of pyridine rings is 1. The molecule has 3 rings (SSSR count). The predicted molar refractivity (Wildman–Crippen MR) is 105 cm³/mol. The Morgan fingerprint density at radius 1 is 1.17 bits per heavy atom. The van der Waals surface area contributed by atoms with Gasteiger partial charge in [0.25, 0.3) is 0 Å². The maximum atomic E-state index is 10.9. The van der Waals surface area contributed by atoms with Gasteiger partial charge < -0.3 is 15.3 Å². The van der Waals surface area contributed by atoms with Crippen LogP contribution in [0.2, 0.25) is 0 Å². The molecule has 0 spiro atoms. The number of benzene rings is 1. The fraction of sp³-hybridized carbons (Fsp3) is 0.421. The molecule has 1 fully saturated rings. The first-order chi connectivity index (χ1) is 11.7. The van der Waals surface area contributed by atoms with Gasteiger partial charge in [-0.3, -0.25) is 4.98 Å². The summed E-state index contributed by atoms with van der Waals surface area (Å²) < 4.78 is 1.23. The smallest absolute Gasteiger partial charge is 0.0956 e. The number of hydrogen-bond acceptors (Lipinski definition) is 4. The lowest BCUT2D eigenvalue weighted by Gasteiger charge is -2.29. The fourth-order valence-corrected chi connectivity index (χ4v) is 3.82. The molecular formula is C19H24IN3O. The van der Waals surface area contributed by atoms with Gasteiger partial charge in [0.1, 0.15) is 0 Å². The van der Waals surface area contributed by atoms with Crippen molar-refractivity contribution in [2.24, 2.45) is 0 Å². The second-order valence-electron chi connectivity index (χ2n) is 6.35. The average Bonchev–Trinajstić information content (AvgIpc) is 3.12. The van der Waals surface area contributed by atoms with Gasteiger partial charge in [0.05, 0.1) is 12.1 Å². The number of aliphatic hydroxyl groups is 1. The van der Waals surface area contributed by atoms with Crippen LogP contribution in [0.15, 0.2) is 48.8 Å². The molecule has 1 aromatic heterocycles. The minimum atomic E-state index is -0.531. The van der Waals surface area contributed by atoms with E-state index in [9.17, 15) is 5.11 Å². The Morgan fingerprint density at radius 2 is 1.92 bits per heavy atom. The number of nitrogens with one attached hydrogen (secondary N) is 1. The monoisotopic (exact) mass is 437 g/mol. The lowest BCUT2D eigenvalue weighted by atomic mass is 10.0. The zero-order valence-electron chi connectivity index (χ0n) is 13.7. The number of aliphatic hydroxyl groups excluding tert-OH is 1. The van der Waals surface area contributed by atoms with Crippen molar-refractivity contribution in [2.75, 3.05) is 19.6 Å². The summed E-state index contributed by atoms with van der Waals surface area (Å²) in [5, 5.41) is 14.4. The molecule has 0 amide bonds. The molecule has 4 nitrogen and oxygen atoms in total. The Hall–Kier alpha value is -1.02. The van der Waals surface area contributed by atoms with E-state index >= 15 is 0 Å². The fourth-order valence-electron chi connectivity index (χ4n) is 3.21. The van der Waals surface area contributed by atoms with E-state index in [1.54, 1.807) is 12.4 Å². The number of hydrogen-bond donors (Lipinski definition) is 2. The molecule has 0 radical (unpaired) electrons. The summed E-state index contributed by atoms with van der Waals surface area (Å²) in [5.74, 6) is 0. The molecule has 0 unspecified atom stereocenters. The average molecular weight is 437 g/mol. The third-order valence-corrected chi connectivity index (χ3v) is 5.21. The van der Waals surface area contributed by atoms with Crippen LogP contribution in [-0.2, 0) is 6.54 Å². The number of halogens is 1. The summed E-state index contributed by atoms with van der Waals surface area (Å²) in [6.45, 7) is 3.89. The van der Waals surface area contributed by atoms with E-state index in [1.807, 2.05) is 12.1 Å². The molecule has 0 bridgehead atoms. The molecule has 24 heavy (non-hydrogen) atoms. The summed E-state index contributed by atoms with van der Waals surface area (Å²) in [4.78, 5) is 6.49. The van der Waals surface area contributed by atoms with E-state index in [-0.39, 0.29) is 6.04 Å². The molecule has 2 N–H and O–H groups in total. The number of aromatic nitrogens is 1. The molecule has 2 atom stereocenters. The highest BCUT2D eigenvalue weighted by molar-refractivity contribution is 14.1. The lowest BCUT2D eigenvalue weighted by molar-refractivity contribution is 0.105. The zero-order valence-corrected chi connectivity index (χ0v) is 15.9. The quantitative estimate of drug-likeness (QED) is 0.655. The minimum Gasteiger partial charge on any atom is -0.387 e. The van der Waals surface area contributed by atoms with Crippen LogP contribution in [0.5, 0.6) is 0 Å². The first kappa shape index (κ1) is 17.8. The van der Waals surface area contributed by atoms with Crippen molar-refractivity contribution in [2.45, 2.75) is 31.5 Å². The van der Waals surface area contributed by atoms with Crippen LogP contribution in [0.25, 0.3) is 0 Å². The van der Waals surface area contributed by atoms with Gasteiger partial charge in [-0.05, 0) is 83.9 Å². The predicted octanol–water partition coefficient (Wildman–Crippen LogP) is 2.97. The highest BCUT2D eigenvalue weighted by Gasteiger charge is 2.24. The van der Waals surface area contributed by atoms with Gasteiger partial charge in [0, 0.05) is 29.1 Å².